The fraction of sp³-hybridized carbons (Fsp3) is 0.889. The fourth-order valence-corrected chi connectivity index (χ4v) is 1.46. The first-order valence-electron chi connectivity index (χ1n) is 4.69. The van der Waals surface area contributed by atoms with Gasteiger partial charge in [-0.05, 0) is 19.8 Å². The van der Waals surface area contributed by atoms with Crippen molar-refractivity contribution in [1.82, 2.24) is 4.90 Å². The van der Waals surface area contributed by atoms with Crippen LogP contribution in [0.4, 0.5) is 0 Å². The van der Waals surface area contributed by atoms with Crippen LogP contribution in [0.2, 0.25) is 0 Å². The topological polar surface area (TPSA) is 40.5 Å². The van der Waals surface area contributed by atoms with E-state index in [4.69, 9.17) is 5.11 Å². The molecule has 1 saturated carbocycles. The lowest BCUT2D eigenvalue weighted by atomic mass is 9.84. The summed E-state index contributed by atoms with van der Waals surface area (Å²) in [5.74, 6) is 0.495. The normalized spacial score (nSPS) is 17.2. The van der Waals surface area contributed by atoms with Crippen LogP contribution in [0.1, 0.15) is 26.2 Å². The molecule has 0 heterocycles. The molecule has 0 aliphatic heterocycles. The lowest BCUT2D eigenvalue weighted by molar-refractivity contribution is -0.138. The highest BCUT2D eigenvalue weighted by molar-refractivity contribution is 5.79. The third-order valence-corrected chi connectivity index (χ3v) is 2.52. The Morgan fingerprint density at radius 1 is 1.58 bits per heavy atom. The van der Waals surface area contributed by atoms with Crippen molar-refractivity contribution in [3.8, 4) is 0 Å². The van der Waals surface area contributed by atoms with Crippen molar-refractivity contribution in [3.05, 3.63) is 0 Å². The molecule has 0 bridgehead atoms. The number of aliphatic hydroxyl groups is 1. The van der Waals surface area contributed by atoms with Crippen molar-refractivity contribution >= 4 is 5.91 Å². The molecule has 0 atom stereocenters. The van der Waals surface area contributed by atoms with Crippen LogP contribution in [-0.4, -0.2) is 35.6 Å². The van der Waals surface area contributed by atoms with Gasteiger partial charge in [0.15, 0.2) is 0 Å². The van der Waals surface area contributed by atoms with Crippen LogP contribution in [0.5, 0.6) is 0 Å². The second-order valence-electron chi connectivity index (χ2n) is 3.27. The van der Waals surface area contributed by atoms with Crippen LogP contribution in [0.15, 0.2) is 0 Å². The Bertz CT molecular complexity index is 155. The molecule has 1 aliphatic carbocycles. The van der Waals surface area contributed by atoms with Gasteiger partial charge in [-0.2, -0.15) is 0 Å². The second-order valence-corrected chi connectivity index (χ2v) is 3.27. The smallest absolute Gasteiger partial charge is 0.225 e. The Hall–Kier alpha value is -0.570. The van der Waals surface area contributed by atoms with E-state index in [9.17, 15) is 4.79 Å². The van der Waals surface area contributed by atoms with Crippen molar-refractivity contribution < 1.29 is 9.90 Å². The third-order valence-electron chi connectivity index (χ3n) is 2.52. The Balaban J connectivity index is 2.35. The molecule has 3 nitrogen and oxygen atoms in total. The number of aliphatic hydroxyl groups excluding tert-OH is 1. The number of carbonyl (C=O) groups excluding carboxylic acids is 1. The van der Waals surface area contributed by atoms with E-state index >= 15 is 0 Å². The monoisotopic (exact) mass is 171 g/mol. The Morgan fingerprint density at radius 3 is 2.58 bits per heavy atom. The standard InChI is InChI=1S/C9H17NO2/c1-2-10(6-7-11)9(12)8-4-3-5-8/h8,11H,2-7H2,1H3. The minimum Gasteiger partial charge on any atom is -0.395 e. The molecule has 1 rings (SSSR count). The van der Waals surface area contributed by atoms with E-state index in [0.29, 0.717) is 6.54 Å². The van der Waals surface area contributed by atoms with Gasteiger partial charge in [0.05, 0.1) is 6.61 Å². The molecule has 0 aromatic carbocycles. The van der Waals surface area contributed by atoms with Gasteiger partial charge in [-0.15, -0.1) is 0 Å². The molecule has 0 spiro atoms. The summed E-state index contributed by atoms with van der Waals surface area (Å²) in [5, 5.41) is 8.70. The average molecular weight is 171 g/mol. The maximum absolute atomic E-state index is 11.6. The second kappa shape index (κ2) is 4.45. The van der Waals surface area contributed by atoms with E-state index < -0.39 is 0 Å². The Kier molecular flexibility index (Phi) is 3.53. The Labute approximate surface area is 73.4 Å². The summed E-state index contributed by atoms with van der Waals surface area (Å²) in [6, 6.07) is 0. The number of likely N-dealkylation sites (N-methyl/N-ethyl adjacent to an activating group) is 1. The summed E-state index contributed by atoms with van der Waals surface area (Å²) in [7, 11) is 0. The molecule has 1 aliphatic rings. The number of amides is 1. The number of carbonyl (C=O) groups is 1. The van der Waals surface area contributed by atoms with Gasteiger partial charge in [-0.1, -0.05) is 6.42 Å². The summed E-state index contributed by atoms with van der Waals surface area (Å²) < 4.78 is 0. The third kappa shape index (κ3) is 1.97. The van der Waals surface area contributed by atoms with Gasteiger partial charge >= 0.3 is 0 Å². The SMILES string of the molecule is CCN(CCO)C(=O)C1CCC1. The summed E-state index contributed by atoms with van der Waals surface area (Å²) in [4.78, 5) is 13.3. The molecule has 12 heavy (non-hydrogen) atoms. The van der Waals surface area contributed by atoms with E-state index in [0.717, 1.165) is 19.4 Å². The maximum atomic E-state index is 11.6. The molecule has 0 aromatic heterocycles. The van der Waals surface area contributed by atoms with Crippen molar-refractivity contribution in [1.29, 1.82) is 0 Å². The zero-order valence-corrected chi connectivity index (χ0v) is 7.62. The lowest BCUT2D eigenvalue weighted by Gasteiger charge is -2.30. The minimum atomic E-state index is 0.0757. The van der Waals surface area contributed by atoms with E-state index in [1.165, 1.54) is 6.42 Å². The van der Waals surface area contributed by atoms with Crippen LogP contribution in [-0.2, 0) is 4.79 Å². The first-order valence-corrected chi connectivity index (χ1v) is 4.69. The van der Waals surface area contributed by atoms with E-state index in [2.05, 4.69) is 0 Å². The molecular weight excluding hydrogens is 154 g/mol. The minimum absolute atomic E-state index is 0.0757. The molecule has 0 saturated heterocycles. The van der Waals surface area contributed by atoms with Crippen LogP contribution in [0, 0.1) is 5.92 Å². The molecule has 1 amide bonds. The van der Waals surface area contributed by atoms with Crippen LogP contribution in [0.3, 0.4) is 0 Å². The highest BCUT2D eigenvalue weighted by Gasteiger charge is 2.28. The Morgan fingerprint density at radius 2 is 2.25 bits per heavy atom. The van der Waals surface area contributed by atoms with E-state index in [1.807, 2.05) is 6.92 Å². The van der Waals surface area contributed by atoms with Gasteiger partial charge in [-0.25, -0.2) is 0 Å². The van der Waals surface area contributed by atoms with Crippen LogP contribution < -0.4 is 0 Å². The number of rotatable bonds is 4. The fourth-order valence-electron chi connectivity index (χ4n) is 1.46. The van der Waals surface area contributed by atoms with E-state index in [-0.39, 0.29) is 18.4 Å². The molecule has 0 radical (unpaired) electrons. The largest absolute Gasteiger partial charge is 0.395 e. The molecule has 0 unspecified atom stereocenters. The predicted molar refractivity (Wildman–Crippen MR) is 46.7 cm³/mol. The van der Waals surface area contributed by atoms with Crippen LogP contribution in [0.25, 0.3) is 0 Å². The van der Waals surface area contributed by atoms with Gasteiger partial charge in [0.2, 0.25) is 5.91 Å². The molecule has 0 aromatic rings. The van der Waals surface area contributed by atoms with Crippen molar-refractivity contribution in [2.24, 2.45) is 5.92 Å². The van der Waals surface area contributed by atoms with Gasteiger partial charge in [0, 0.05) is 19.0 Å². The summed E-state index contributed by atoms with van der Waals surface area (Å²) >= 11 is 0. The molecule has 3 heteroatoms. The first-order chi connectivity index (χ1) is 5.79. The quantitative estimate of drug-likeness (QED) is 0.674. The summed E-state index contributed by atoms with van der Waals surface area (Å²) in [6.45, 7) is 3.24. The van der Waals surface area contributed by atoms with Crippen LogP contribution >= 0.6 is 0 Å². The summed E-state index contributed by atoms with van der Waals surface area (Å²) in [5.41, 5.74) is 0. The first kappa shape index (κ1) is 9.52. The molecule has 70 valence electrons. The predicted octanol–water partition coefficient (Wildman–Crippen LogP) is 0.627. The van der Waals surface area contributed by atoms with Gasteiger partial charge in [0.1, 0.15) is 0 Å². The van der Waals surface area contributed by atoms with Crippen molar-refractivity contribution in [3.63, 3.8) is 0 Å². The average Bonchev–Trinajstić information content (AvgIpc) is 1.96. The number of nitrogens with zero attached hydrogens (tertiary/aromatic N) is 1. The van der Waals surface area contributed by atoms with Crippen molar-refractivity contribution in [2.75, 3.05) is 19.7 Å². The van der Waals surface area contributed by atoms with Gasteiger partial charge in [0.25, 0.3) is 0 Å². The zero-order chi connectivity index (χ0) is 8.97. The van der Waals surface area contributed by atoms with Gasteiger partial charge < -0.3 is 10.0 Å². The van der Waals surface area contributed by atoms with E-state index in [1.54, 1.807) is 4.90 Å². The highest BCUT2D eigenvalue weighted by atomic mass is 16.3. The molecule has 1 N–H and O–H groups in total. The zero-order valence-electron chi connectivity index (χ0n) is 7.62. The number of hydrogen-bond acceptors (Lipinski definition) is 2. The maximum Gasteiger partial charge on any atom is 0.225 e. The highest BCUT2D eigenvalue weighted by Crippen LogP contribution is 2.27. The lowest BCUT2D eigenvalue weighted by Crippen LogP contribution is -2.40. The molecule has 1 fully saturated rings. The van der Waals surface area contributed by atoms with Crippen molar-refractivity contribution in [2.45, 2.75) is 26.2 Å². The van der Waals surface area contributed by atoms with Gasteiger partial charge in [-0.3, -0.25) is 4.79 Å². The molecular formula is C9H17NO2. The summed E-state index contributed by atoms with van der Waals surface area (Å²) in [6.07, 6.45) is 3.27. The number of hydrogen-bond donors (Lipinski definition) is 1.